The Morgan fingerprint density at radius 2 is 1.89 bits per heavy atom. The van der Waals surface area contributed by atoms with Gasteiger partial charge in [0.1, 0.15) is 6.54 Å². The zero-order valence-electron chi connectivity index (χ0n) is 24.7. The normalized spacial score (nSPS) is 19.5. The van der Waals surface area contributed by atoms with Crippen molar-refractivity contribution in [2.75, 3.05) is 25.0 Å². The molecule has 5 rings (SSSR count). The summed E-state index contributed by atoms with van der Waals surface area (Å²) in [6.07, 6.45) is -0.418. The summed E-state index contributed by atoms with van der Waals surface area (Å²) in [7, 11) is 1.40. The molecular weight excluding hydrogens is 593 g/mol. The standard InChI is InChI=1S/C29H33F3N10O3/c1-16-9-18(3-4-21(16)26(43)37-19-10-20(11-19)38-28(45)41-7-5-17(12-34)14-41)36-27(44)25-35-13-23(40(25)2)22-15-42(8-6-33)39-24(22)29(30,31)32/h3-4,9,13,15,17,19-20H,5,7-8,10-12,14,34H2,1-2H3,(H,36,44)(H,37,43)(H,38,45). The number of amides is 4. The Morgan fingerprint density at radius 1 is 1.16 bits per heavy atom. The van der Waals surface area contributed by atoms with Crippen LogP contribution in [-0.4, -0.2) is 73.8 Å². The highest BCUT2D eigenvalue weighted by atomic mass is 19.4. The van der Waals surface area contributed by atoms with E-state index in [1.807, 2.05) is 0 Å². The topological polar surface area (TPSA) is 176 Å². The van der Waals surface area contributed by atoms with Crippen LogP contribution < -0.4 is 21.7 Å². The van der Waals surface area contributed by atoms with Gasteiger partial charge in [0.2, 0.25) is 0 Å². The molecule has 3 heterocycles. The van der Waals surface area contributed by atoms with E-state index in [2.05, 4.69) is 26.0 Å². The molecule has 1 saturated heterocycles. The van der Waals surface area contributed by atoms with Crippen molar-refractivity contribution in [3.63, 3.8) is 0 Å². The Bertz CT molecular complexity index is 1650. The highest BCUT2D eigenvalue weighted by Crippen LogP contribution is 2.36. The molecule has 0 radical (unpaired) electrons. The van der Waals surface area contributed by atoms with Crippen LogP contribution in [0.1, 0.15) is 51.5 Å². The number of carbonyl (C=O) groups is 3. The minimum absolute atomic E-state index is 0.00561. The molecule has 238 valence electrons. The van der Waals surface area contributed by atoms with E-state index in [4.69, 9.17) is 11.0 Å². The number of nitrogens with two attached hydrogens (primary N) is 1. The van der Waals surface area contributed by atoms with Crippen molar-refractivity contribution in [1.29, 1.82) is 5.26 Å². The quantitative estimate of drug-likeness (QED) is 0.297. The first-order valence-corrected chi connectivity index (χ1v) is 14.4. The maximum absolute atomic E-state index is 13.6. The number of imidazole rings is 1. The van der Waals surface area contributed by atoms with Crippen molar-refractivity contribution in [3.8, 4) is 17.3 Å². The highest BCUT2D eigenvalue weighted by Gasteiger charge is 2.39. The number of benzene rings is 1. The number of nitrogens with one attached hydrogen (secondary N) is 3. The van der Waals surface area contributed by atoms with E-state index in [1.54, 1.807) is 36.1 Å². The monoisotopic (exact) mass is 626 g/mol. The Hall–Kier alpha value is -4.91. The van der Waals surface area contributed by atoms with Gasteiger partial charge in [-0.15, -0.1) is 0 Å². The van der Waals surface area contributed by atoms with E-state index in [1.165, 1.54) is 11.6 Å². The SMILES string of the molecule is Cc1cc(NC(=O)c2ncc(-c3cn(CC#N)nc3C(F)(F)F)n2C)ccc1C(=O)NC1CC(NC(=O)N2CCC(CN)C2)C1. The van der Waals surface area contributed by atoms with Crippen LogP contribution in [0.15, 0.2) is 30.6 Å². The van der Waals surface area contributed by atoms with Crippen molar-refractivity contribution >= 4 is 23.5 Å². The maximum Gasteiger partial charge on any atom is 0.435 e. The zero-order chi connectivity index (χ0) is 32.5. The predicted octanol–water partition coefficient (Wildman–Crippen LogP) is 2.64. The number of aryl methyl sites for hydroxylation is 1. The number of hydrogen-bond donors (Lipinski definition) is 4. The molecule has 1 aromatic carbocycles. The van der Waals surface area contributed by atoms with Gasteiger partial charge in [0.05, 0.1) is 23.5 Å². The first-order valence-electron chi connectivity index (χ1n) is 14.4. The molecule has 45 heavy (non-hydrogen) atoms. The molecule has 0 spiro atoms. The third-order valence-corrected chi connectivity index (χ3v) is 8.17. The number of urea groups is 1. The van der Waals surface area contributed by atoms with Crippen molar-refractivity contribution in [2.45, 2.75) is 51.0 Å². The lowest BCUT2D eigenvalue weighted by atomic mass is 9.86. The molecule has 1 aliphatic heterocycles. The first kappa shape index (κ1) is 31.5. The van der Waals surface area contributed by atoms with Gasteiger partial charge in [0.25, 0.3) is 11.8 Å². The van der Waals surface area contributed by atoms with Gasteiger partial charge in [0, 0.05) is 49.7 Å². The summed E-state index contributed by atoms with van der Waals surface area (Å²) >= 11 is 0. The van der Waals surface area contributed by atoms with Crippen molar-refractivity contribution in [2.24, 2.45) is 18.7 Å². The van der Waals surface area contributed by atoms with E-state index in [0.717, 1.165) is 23.5 Å². The summed E-state index contributed by atoms with van der Waals surface area (Å²) in [5.74, 6) is -0.769. The van der Waals surface area contributed by atoms with Gasteiger partial charge >= 0.3 is 12.2 Å². The molecule has 0 bridgehead atoms. The van der Waals surface area contributed by atoms with Gasteiger partial charge < -0.3 is 31.2 Å². The molecule has 16 heteroatoms. The van der Waals surface area contributed by atoms with Crippen molar-refractivity contribution < 1.29 is 27.6 Å². The number of nitrogens with zero attached hydrogens (tertiary/aromatic N) is 6. The molecule has 1 atom stereocenters. The maximum atomic E-state index is 13.6. The van der Waals surface area contributed by atoms with Gasteiger partial charge in [-0.25, -0.2) is 9.78 Å². The van der Waals surface area contributed by atoms with Crippen LogP contribution in [-0.2, 0) is 19.8 Å². The van der Waals surface area contributed by atoms with Crippen LogP contribution in [0, 0.1) is 24.2 Å². The summed E-state index contributed by atoms with van der Waals surface area (Å²) in [6, 6.07) is 6.27. The second kappa shape index (κ2) is 12.6. The number of carbonyl (C=O) groups excluding carboxylic acids is 3. The smallest absolute Gasteiger partial charge is 0.349 e. The first-order chi connectivity index (χ1) is 21.4. The molecule has 2 aromatic heterocycles. The molecular formula is C29H33F3N10O3. The molecule has 5 N–H and O–H groups in total. The van der Waals surface area contributed by atoms with Gasteiger partial charge in [-0.2, -0.15) is 23.5 Å². The molecule has 1 aliphatic carbocycles. The van der Waals surface area contributed by atoms with E-state index >= 15 is 0 Å². The van der Waals surface area contributed by atoms with Gasteiger partial charge in [-0.1, -0.05) is 0 Å². The van der Waals surface area contributed by atoms with E-state index < -0.39 is 17.8 Å². The molecule has 13 nitrogen and oxygen atoms in total. The lowest BCUT2D eigenvalue weighted by Crippen LogP contribution is -2.55. The number of likely N-dealkylation sites (tertiary alicyclic amines) is 1. The summed E-state index contributed by atoms with van der Waals surface area (Å²) in [6.45, 7) is 3.25. The number of alkyl halides is 3. The van der Waals surface area contributed by atoms with Gasteiger partial charge in [0.15, 0.2) is 11.5 Å². The minimum atomic E-state index is -4.78. The fraction of sp³-hybridized carbons (Fsp3) is 0.448. The Kier molecular flexibility index (Phi) is 8.82. The van der Waals surface area contributed by atoms with Crippen LogP contribution in [0.5, 0.6) is 0 Å². The number of hydrogen-bond acceptors (Lipinski definition) is 7. The third-order valence-electron chi connectivity index (χ3n) is 8.17. The average Bonchev–Trinajstić information content (AvgIpc) is 3.70. The Balaban J connectivity index is 1.17. The minimum Gasteiger partial charge on any atom is -0.349 e. The number of nitriles is 1. The van der Waals surface area contributed by atoms with Crippen LogP contribution >= 0.6 is 0 Å². The van der Waals surface area contributed by atoms with Gasteiger partial charge in [-0.05, 0) is 62.4 Å². The molecule has 3 aromatic rings. The molecule has 1 saturated carbocycles. The summed E-state index contributed by atoms with van der Waals surface area (Å²) in [4.78, 5) is 44.2. The number of anilines is 1. The van der Waals surface area contributed by atoms with Crippen LogP contribution in [0.3, 0.4) is 0 Å². The van der Waals surface area contributed by atoms with Gasteiger partial charge in [-0.3, -0.25) is 14.3 Å². The predicted molar refractivity (Wildman–Crippen MR) is 156 cm³/mol. The number of aromatic nitrogens is 4. The van der Waals surface area contributed by atoms with E-state index in [-0.39, 0.29) is 47.6 Å². The second-order valence-electron chi connectivity index (χ2n) is 11.4. The van der Waals surface area contributed by atoms with Crippen LogP contribution in [0.2, 0.25) is 0 Å². The van der Waals surface area contributed by atoms with Crippen molar-refractivity contribution in [3.05, 3.63) is 53.2 Å². The van der Waals surface area contributed by atoms with Crippen LogP contribution in [0.25, 0.3) is 11.3 Å². The molecule has 4 amide bonds. The second-order valence-corrected chi connectivity index (χ2v) is 11.4. The van der Waals surface area contributed by atoms with E-state index in [9.17, 15) is 27.6 Å². The lowest BCUT2D eigenvalue weighted by molar-refractivity contribution is -0.141. The van der Waals surface area contributed by atoms with Crippen molar-refractivity contribution in [1.82, 2.24) is 34.9 Å². The molecule has 2 aliphatic rings. The Morgan fingerprint density at radius 3 is 2.53 bits per heavy atom. The summed E-state index contributed by atoms with van der Waals surface area (Å²) < 4.78 is 42.9. The van der Waals surface area contributed by atoms with Crippen LogP contribution in [0.4, 0.5) is 23.7 Å². The number of rotatable bonds is 8. The fourth-order valence-electron chi connectivity index (χ4n) is 5.62. The van der Waals surface area contributed by atoms with E-state index in [0.29, 0.717) is 55.2 Å². The largest absolute Gasteiger partial charge is 0.435 e. The summed E-state index contributed by atoms with van der Waals surface area (Å²) in [5.41, 5.74) is 5.56. The molecule has 1 unspecified atom stereocenters. The summed E-state index contributed by atoms with van der Waals surface area (Å²) in [5, 5.41) is 21.0. The fourth-order valence-corrected chi connectivity index (χ4v) is 5.62. The lowest BCUT2D eigenvalue weighted by Gasteiger charge is -2.37. The third kappa shape index (κ3) is 6.78. The average molecular weight is 627 g/mol. The molecule has 2 fully saturated rings. The zero-order valence-corrected chi connectivity index (χ0v) is 24.7. The Labute approximate surface area is 256 Å². The highest BCUT2D eigenvalue weighted by molar-refractivity contribution is 6.03. The number of halogens is 3.